The maximum Gasteiger partial charge on any atom is 0.188 e. The second-order valence-corrected chi connectivity index (χ2v) is 6.14. The average molecular weight is 313 g/mol. The molecular formula is C14H15N7S. The lowest BCUT2D eigenvalue weighted by Crippen LogP contribution is -2.13. The van der Waals surface area contributed by atoms with Crippen molar-refractivity contribution in [3.63, 3.8) is 0 Å². The Morgan fingerprint density at radius 1 is 1.36 bits per heavy atom. The first kappa shape index (κ1) is 13.2. The van der Waals surface area contributed by atoms with Gasteiger partial charge in [-0.1, -0.05) is 0 Å². The standard InChI is InChI=1S/C14H15N7S/c1-9-8-22-14(18-9)19-12-13-16-6-11(21(13)4-3-15-12)10-5-17-20(2)7-10/h3-6,8,10H,7H2,1-2H3,(H,15,18,19). The first-order valence-electron chi connectivity index (χ1n) is 6.97. The van der Waals surface area contributed by atoms with Gasteiger partial charge in [0.25, 0.3) is 0 Å². The van der Waals surface area contributed by atoms with Gasteiger partial charge >= 0.3 is 0 Å². The monoisotopic (exact) mass is 313 g/mol. The summed E-state index contributed by atoms with van der Waals surface area (Å²) in [4.78, 5) is 13.3. The van der Waals surface area contributed by atoms with E-state index < -0.39 is 0 Å². The van der Waals surface area contributed by atoms with Crippen LogP contribution in [-0.4, -0.2) is 44.2 Å². The summed E-state index contributed by atoms with van der Waals surface area (Å²) in [5.41, 5.74) is 2.91. The summed E-state index contributed by atoms with van der Waals surface area (Å²) in [6, 6.07) is 0. The molecule has 0 aliphatic carbocycles. The van der Waals surface area contributed by atoms with E-state index in [2.05, 4.69) is 29.8 Å². The molecule has 0 fully saturated rings. The van der Waals surface area contributed by atoms with Crippen LogP contribution < -0.4 is 5.32 Å². The van der Waals surface area contributed by atoms with Crippen molar-refractivity contribution in [1.82, 2.24) is 24.4 Å². The van der Waals surface area contributed by atoms with Gasteiger partial charge in [-0.05, 0) is 6.92 Å². The summed E-state index contributed by atoms with van der Waals surface area (Å²) in [6.07, 6.45) is 7.56. The van der Waals surface area contributed by atoms with Gasteiger partial charge in [0.15, 0.2) is 16.6 Å². The molecule has 4 rings (SSSR count). The molecule has 1 aliphatic rings. The van der Waals surface area contributed by atoms with Crippen LogP contribution in [0.1, 0.15) is 17.3 Å². The molecule has 1 unspecified atom stereocenters. The van der Waals surface area contributed by atoms with E-state index in [-0.39, 0.29) is 5.92 Å². The van der Waals surface area contributed by atoms with Crippen LogP contribution in [0, 0.1) is 6.92 Å². The van der Waals surface area contributed by atoms with Crippen LogP contribution in [0.15, 0.2) is 29.1 Å². The summed E-state index contributed by atoms with van der Waals surface area (Å²) in [5, 5.41) is 12.3. The smallest absolute Gasteiger partial charge is 0.188 e. The van der Waals surface area contributed by atoms with Crippen LogP contribution in [0.3, 0.4) is 0 Å². The van der Waals surface area contributed by atoms with Crippen LogP contribution >= 0.6 is 11.3 Å². The van der Waals surface area contributed by atoms with E-state index in [1.54, 1.807) is 17.5 Å². The molecule has 1 N–H and O–H groups in total. The Hall–Kier alpha value is -2.48. The first-order valence-corrected chi connectivity index (χ1v) is 7.85. The van der Waals surface area contributed by atoms with E-state index in [1.165, 1.54) is 0 Å². The maximum atomic E-state index is 4.53. The number of aryl methyl sites for hydroxylation is 1. The number of anilines is 2. The van der Waals surface area contributed by atoms with Gasteiger partial charge in [-0.2, -0.15) is 5.10 Å². The van der Waals surface area contributed by atoms with E-state index in [1.807, 2.05) is 43.0 Å². The SMILES string of the molecule is Cc1csc(Nc2nccn3c(C4C=NN(C)C4)cnc23)n1. The quantitative estimate of drug-likeness (QED) is 0.803. The zero-order chi connectivity index (χ0) is 15.1. The number of aromatic nitrogens is 4. The summed E-state index contributed by atoms with van der Waals surface area (Å²) in [6.45, 7) is 2.84. The number of likely N-dealkylation sites (N-methyl/N-ethyl adjacent to an activating group) is 1. The molecular weight excluding hydrogens is 298 g/mol. The third-order valence-corrected chi connectivity index (χ3v) is 4.46. The normalized spacial score (nSPS) is 17.5. The molecule has 3 aromatic rings. The van der Waals surface area contributed by atoms with Gasteiger partial charge in [0.2, 0.25) is 0 Å². The van der Waals surface area contributed by atoms with E-state index in [4.69, 9.17) is 0 Å². The van der Waals surface area contributed by atoms with Crippen molar-refractivity contribution in [2.45, 2.75) is 12.8 Å². The highest BCUT2D eigenvalue weighted by molar-refractivity contribution is 7.13. The Bertz CT molecular complexity index is 850. The van der Waals surface area contributed by atoms with Gasteiger partial charge in [-0.25, -0.2) is 15.0 Å². The fourth-order valence-corrected chi connectivity index (χ4v) is 3.24. The van der Waals surface area contributed by atoms with E-state index in [9.17, 15) is 0 Å². The minimum absolute atomic E-state index is 0.248. The number of hydrazone groups is 1. The van der Waals surface area contributed by atoms with Crippen molar-refractivity contribution < 1.29 is 0 Å². The predicted octanol–water partition coefficient (Wildman–Crippen LogP) is 2.25. The Morgan fingerprint density at radius 3 is 3.00 bits per heavy atom. The second kappa shape index (κ2) is 5.06. The summed E-state index contributed by atoms with van der Waals surface area (Å²) in [7, 11) is 1.97. The molecule has 0 amide bonds. The average Bonchev–Trinajstić information content (AvgIpc) is 3.19. The molecule has 0 bridgehead atoms. The molecule has 3 aromatic heterocycles. The number of nitrogens with one attached hydrogen (secondary N) is 1. The molecule has 4 heterocycles. The number of hydrogen-bond donors (Lipinski definition) is 1. The van der Waals surface area contributed by atoms with E-state index in [0.29, 0.717) is 5.82 Å². The van der Waals surface area contributed by atoms with Crippen LogP contribution in [0.5, 0.6) is 0 Å². The van der Waals surface area contributed by atoms with Crippen molar-refractivity contribution in [2.75, 3.05) is 18.9 Å². The Morgan fingerprint density at radius 2 is 2.27 bits per heavy atom. The number of imidazole rings is 1. The van der Waals surface area contributed by atoms with Crippen LogP contribution in [0.25, 0.3) is 5.65 Å². The minimum Gasteiger partial charge on any atom is -0.313 e. The predicted molar refractivity (Wildman–Crippen MR) is 87.0 cm³/mol. The number of hydrogen-bond acceptors (Lipinski definition) is 7. The molecule has 8 heteroatoms. The van der Waals surface area contributed by atoms with Crippen LogP contribution in [-0.2, 0) is 0 Å². The molecule has 0 aromatic carbocycles. The summed E-state index contributed by atoms with van der Waals surface area (Å²) < 4.78 is 2.06. The summed E-state index contributed by atoms with van der Waals surface area (Å²) in [5.74, 6) is 0.962. The van der Waals surface area contributed by atoms with Crippen LogP contribution in [0.4, 0.5) is 10.9 Å². The molecule has 0 spiro atoms. The zero-order valence-corrected chi connectivity index (χ0v) is 13.1. The molecule has 112 valence electrons. The van der Waals surface area contributed by atoms with Crippen LogP contribution in [0.2, 0.25) is 0 Å². The van der Waals surface area contributed by atoms with Gasteiger partial charge in [-0.15, -0.1) is 11.3 Å². The Labute approximate surface area is 131 Å². The fourth-order valence-electron chi connectivity index (χ4n) is 2.56. The molecule has 0 saturated carbocycles. The van der Waals surface area contributed by atoms with Gasteiger partial charge in [-0.3, -0.25) is 9.41 Å². The second-order valence-electron chi connectivity index (χ2n) is 5.28. The maximum absolute atomic E-state index is 4.53. The highest BCUT2D eigenvalue weighted by Crippen LogP contribution is 2.25. The molecule has 22 heavy (non-hydrogen) atoms. The van der Waals surface area contributed by atoms with E-state index >= 15 is 0 Å². The zero-order valence-electron chi connectivity index (χ0n) is 12.3. The molecule has 0 radical (unpaired) electrons. The topological polar surface area (TPSA) is 70.7 Å². The van der Waals surface area contributed by atoms with Crippen molar-refractivity contribution in [2.24, 2.45) is 5.10 Å². The molecule has 7 nitrogen and oxygen atoms in total. The minimum atomic E-state index is 0.248. The molecule has 1 aliphatic heterocycles. The van der Waals surface area contributed by atoms with Crippen molar-refractivity contribution in [3.8, 4) is 0 Å². The highest BCUT2D eigenvalue weighted by atomic mass is 32.1. The third-order valence-electron chi connectivity index (χ3n) is 3.59. The van der Waals surface area contributed by atoms with Gasteiger partial charge in [0.05, 0.1) is 23.5 Å². The first-order chi connectivity index (χ1) is 10.7. The van der Waals surface area contributed by atoms with Crippen molar-refractivity contribution in [3.05, 3.63) is 35.4 Å². The number of rotatable bonds is 3. The van der Waals surface area contributed by atoms with Crippen molar-refractivity contribution in [1.29, 1.82) is 0 Å². The fraction of sp³-hybridized carbons (Fsp3) is 0.286. The van der Waals surface area contributed by atoms with Gasteiger partial charge in [0.1, 0.15) is 0 Å². The Kier molecular flexibility index (Phi) is 3.04. The number of thiazole rings is 1. The lowest BCUT2D eigenvalue weighted by molar-refractivity contribution is 0.380. The number of fused-ring (bicyclic) bond motifs is 1. The molecule has 0 saturated heterocycles. The third kappa shape index (κ3) is 2.21. The van der Waals surface area contributed by atoms with Gasteiger partial charge in [0, 0.05) is 37.6 Å². The Balaban J connectivity index is 1.72. The van der Waals surface area contributed by atoms with E-state index in [0.717, 1.165) is 28.7 Å². The van der Waals surface area contributed by atoms with Crippen molar-refractivity contribution >= 4 is 34.1 Å². The highest BCUT2D eigenvalue weighted by Gasteiger charge is 2.21. The lowest BCUT2D eigenvalue weighted by Gasteiger charge is -2.10. The molecule has 1 atom stereocenters. The lowest BCUT2D eigenvalue weighted by atomic mass is 10.1. The summed E-state index contributed by atoms with van der Waals surface area (Å²) >= 11 is 1.56. The van der Waals surface area contributed by atoms with Gasteiger partial charge < -0.3 is 5.32 Å². The largest absolute Gasteiger partial charge is 0.313 e. The number of nitrogens with zero attached hydrogens (tertiary/aromatic N) is 6.